The van der Waals surface area contributed by atoms with Crippen LogP contribution in [0.25, 0.3) is 0 Å². The van der Waals surface area contributed by atoms with Crippen LogP contribution in [0.5, 0.6) is 0 Å². The van der Waals surface area contributed by atoms with Crippen molar-refractivity contribution in [1.82, 2.24) is 15.6 Å². The number of hydrogen-bond acceptors (Lipinski definition) is 4. The number of hydrazone groups is 1. The monoisotopic (exact) mass is 421 g/mol. The third-order valence-electron chi connectivity index (χ3n) is 5.37. The number of para-hydroxylation sites is 1. The average molecular weight is 422 g/mol. The Labute approximate surface area is 184 Å². The van der Waals surface area contributed by atoms with Crippen LogP contribution >= 0.6 is 0 Å². The maximum absolute atomic E-state index is 13.1. The van der Waals surface area contributed by atoms with Gasteiger partial charge in [0.1, 0.15) is 0 Å². The molecule has 2 N–H and O–H groups in total. The van der Waals surface area contributed by atoms with Gasteiger partial charge < -0.3 is 10.2 Å². The number of carbonyl (C=O) groups is 2. The first-order chi connectivity index (χ1) is 14.9. The van der Waals surface area contributed by atoms with Gasteiger partial charge in [-0.3, -0.25) is 9.69 Å². The standard InChI is InChI=1S/C24H31N5O2/c1-17(2)28(18(3)4)14-15-29-21-13-9-8-12-20(21)22(23(29)30)26-27-24(31)25-16-19-10-6-5-7-11-19/h5-13,17-18H,14-16H2,1-4H3,(H2,25,27,31). The molecule has 164 valence electrons. The molecule has 7 nitrogen and oxygen atoms in total. The molecule has 2 aromatic carbocycles. The van der Waals surface area contributed by atoms with E-state index in [4.69, 9.17) is 0 Å². The molecule has 1 aliphatic heterocycles. The van der Waals surface area contributed by atoms with E-state index in [0.717, 1.165) is 23.4 Å². The van der Waals surface area contributed by atoms with Gasteiger partial charge in [-0.25, -0.2) is 10.2 Å². The van der Waals surface area contributed by atoms with Crippen LogP contribution in [0.4, 0.5) is 10.5 Å². The molecule has 0 radical (unpaired) electrons. The molecular weight excluding hydrogens is 390 g/mol. The highest BCUT2D eigenvalue weighted by atomic mass is 16.2. The van der Waals surface area contributed by atoms with Crippen molar-refractivity contribution >= 4 is 23.3 Å². The van der Waals surface area contributed by atoms with Crippen molar-refractivity contribution in [3.63, 3.8) is 0 Å². The van der Waals surface area contributed by atoms with Crippen LogP contribution in [0.15, 0.2) is 59.7 Å². The lowest BCUT2D eigenvalue weighted by Crippen LogP contribution is -2.44. The predicted octanol–water partition coefficient (Wildman–Crippen LogP) is 3.36. The molecule has 0 saturated heterocycles. The van der Waals surface area contributed by atoms with E-state index in [2.05, 4.69) is 48.4 Å². The van der Waals surface area contributed by atoms with Crippen molar-refractivity contribution in [1.29, 1.82) is 0 Å². The van der Waals surface area contributed by atoms with E-state index in [-0.39, 0.29) is 11.6 Å². The second-order valence-electron chi connectivity index (χ2n) is 8.14. The van der Waals surface area contributed by atoms with Gasteiger partial charge in [-0.15, -0.1) is 0 Å². The zero-order valence-corrected chi connectivity index (χ0v) is 18.6. The van der Waals surface area contributed by atoms with Crippen LogP contribution in [0.1, 0.15) is 38.8 Å². The lowest BCUT2D eigenvalue weighted by Gasteiger charge is -2.32. The fourth-order valence-electron chi connectivity index (χ4n) is 3.84. The van der Waals surface area contributed by atoms with Gasteiger partial charge >= 0.3 is 6.03 Å². The fraction of sp³-hybridized carbons (Fsp3) is 0.375. The number of amides is 3. The Morgan fingerprint density at radius 1 is 1.00 bits per heavy atom. The summed E-state index contributed by atoms with van der Waals surface area (Å²) in [5.74, 6) is -0.197. The van der Waals surface area contributed by atoms with Gasteiger partial charge in [0, 0.05) is 37.3 Å². The Morgan fingerprint density at radius 3 is 2.32 bits per heavy atom. The third-order valence-corrected chi connectivity index (χ3v) is 5.37. The molecule has 3 rings (SSSR count). The summed E-state index contributed by atoms with van der Waals surface area (Å²) >= 11 is 0. The SMILES string of the molecule is CC(C)N(CCN1C(=O)C(=NNC(=O)NCc2ccccc2)c2ccccc21)C(C)C. The lowest BCUT2D eigenvalue weighted by atomic mass is 10.1. The minimum absolute atomic E-state index is 0.197. The molecule has 7 heteroatoms. The molecule has 2 aromatic rings. The van der Waals surface area contributed by atoms with E-state index in [1.54, 1.807) is 4.90 Å². The summed E-state index contributed by atoms with van der Waals surface area (Å²) in [4.78, 5) is 29.4. The summed E-state index contributed by atoms with van der Waals surface area (Å²) in [5.41, 5.74) is 5.27. The summed E-state index contributed by atoms with van der Waals surface area (Å²) in [6.45, 7) is 10.3. The summed E-state index contributed by atoms with van der Waals surface area (Å²) in [5, 5.41) is 6.90. The Hall–Kier alpha value is -3.19. The van der Waals surface area contributed by atoms with E-state index in [9.17, 15) is 9.59 Å². The smallest absolute Gasteiger partial charge is 0.333 e. The van der Waals surface area contributed by atoms with Crippen molar-refractivity contribution < 1.29 is 9.59 Å². The van der Waals surface area contributed by atoms with E-state index >= 15 is 0 Å². The fourth-order valence-corrected chi connectivity index (χ4v) is 3.84. The van der Waals surface area contributed by atoms with Crippen LogP contribution < -0.4 is 15.6 Å². The van der Waals surface area contributed by atoms with Gasteiger partial charge in [0.05, 0.1) is 5.69 Å². The largest absolute Gasteiger partial charge is 0.335 e. The number of nitrogens with one attached hydrogen (secondary N) is 2. The maximum atomic E-state index is 13.1. The molecule has 0 saturated carbocycles. The van der Waals surface area contributed by atoms with Crippen LogP contribution in [-0.2, 0) is 11.3 Å². The Bertz CT molecular complexity index is 932. The summed E-state index contributed by atoms with van der Waals surface area (Å²) < 4.78 is 0. The first kappa shape index (κ1) is 22.5. The van der Waals surface area contributed by atoms with Crippen LogP contribution in [0, 0.1) is 0 Å². The maximum Gasteiger partial charge on any atom is 0.335 e. The van der Waals surface area contributed by atoms with Gasteiger partial charge in [0.15, 0.2) is 5.71 Å². The minimum Gasteiger partial charge on any atom is -0.333 e. The highest BCUT2D eigenvalue weighted by molar-refractivity contribution is 6.54. The van der Waals surface area contributed by atoms with Gasteiger partial charge in [-0.05, 0) is 39.3 Å². The van der Waals surface area contributed by atoms with E-state index in [1.165, 1.54) is 0 Å². The van der Waals surface area contributed by atoms with E-state index in [0.29, 0.717) is 25.2 Å². The summed E-state index contributed by atoms with van der Waals surface area (Å²) in [6, 6.07) is 17.5. The number of anilines is 1. The summed E-state index contributed by atoms with van der Waals surface area (Å²) in [7, 11) is 0. The first-order valence-corrected chi connectivity index (χ1v) is 10.7. The summed E-state index contributed by atoms with van der Waals surface area (Å²) in [6.07, 6.45) is 0. The highest BCUT2D eigenvalue weighted by Crippen LogP contribution is 2.29. The Morgan fingerprint density at radius 2 is 1.65 bits per heavy atom. The van der Waals surface area contributed by atoms with E-state index < -0.39 is 6.03 Å². The normalized spacial score (nSPS) is 14.6. The number of benzene rings is 2. The minimum atomic E-state index is -0.453. The molecule has 0 fully saturated rings. The van der Waals surface area contributed by atoms with Crippen LogP contribution in [0.2, 0.25) is 0 Å². The zero-order valence-electron chi connectivity index (χ0n) is 18.6. The number of urea groups is 1. The van der Waals surface area contributed by atoms with Gasteiger partial charge in [0.2, 0.25) is 0 Å². The Balaban J connectivity index is 1.68. The molecule has 0 aromatic heterocycles. The molecule has 31 heavy (non-hydrogen) atoms. The van der Waals surface area contributed by atoms with Crippen molar-refractivity contribution in [3.8, 4) is 0 Å². The zero-order chi connectivity index (χ0) is 22.4. The molecule has 0 bridgehead atoms. The second-order valence-corrected chi connectivity index (χ2v) is 8.14. The number of hydrogen-bond donors (Lipinski definition) is 2. The Kier molecular flexibility index (Phi) is 7.41. The van der Waals surface area contributed by atoms with Crippen molar-refractivity contribution in [2.24, 2.45) is 5.10 Å². The molecule has 1 aliphatic rings. The molecule has 0 atom stereocenters. The quantitative estimate of drug-likeness (QED) is 0.642. The van der Waals surface area contributed by atoms with Crippen molar-refractivity contribution in [2.45, 2.75) is 46.3 Å². The molecule has 1 heterocycles. The van der Waals surface area contributed by atoms with Gasteiger partial charge in [-0.2, -0.15) is 5.10 Å². The van der Waals surface area contributed by atoms with Crippen LogP contribution in [-0.4, -0.2) is 47.7 Å². The molecule has 0 aliphatic carbocycles. The first-order valence-electron chi connectivity index (χ1n) is 10.7. The number of rotatable bonds is 8. The molecule has 0 spiro atoms. The van der Waals surface area contributed by atoms with Gasteiger partial charge in [-0.1, -0.05) is 48.5 Å². The lowest BCUT2D eigenvalue weighted by molar-refractivity contribution is -0.112. The average Bonchev–Trinajstić information content (AvgIpc) is 3.02. The topological polar surface area (TPSA) is 77.0 Å². The van der Waals surface area contributed by atoms with E-state index in [1.807, 2.05) is 54.6 Å². The van der Waals surface area contributed by atoms with Crippen molar-refractivity contribution in [2.75, 3.05) is 18.0 Å². The number of carbonyl (C=O) groups excluding carboxylic acids is 2. The van der Waals surface area contributed by atoms with Gasteiger partial charge in [0.25, 0.3) is 5.91 Å². The molecule has 0 unspecified atom stereocenters. The second kappa shape index (κ2) is 10.2. The predicted molar refractivity (Wildman–Crippen MR) is 124 cm³/mol. The molecular formula is C24H31N5O2. The third kappa shape index (κ3) is 5.49. The number of fused-ring (bicyclic) bond motifs is 1. The van der Waals surface area contributed by atoms with Crippen LogP contribution in [0.3, 0.4) is 0 Å². The van der Waals surface area contributed by atoms with Crippen molar-refractivity contribution in [3.05, 3.63) is 65.7 Å². The number of nitrogens with zero attached hydrogens (tertiary/aromatic N) is 3. The molecule has 3 amide bonds. The highest BCUT2D eigenvalue weighted by Gasteiger charge is 2.34.